The molecule has 0 N–H and O–H groups in total. The van der Waals surface area contributed by atoms with Crippen molar-refractivity contribution in [2.75, 3.05) is 18.1 Å². The summed E-state index contributed by atoms with van der Waals surface area (Å²) in [5.74, 6) is -1.79. The number of fused-ring (bicyclic) bond motifs is 2. The second kappa shape index (κ2) is 8.36. The Kier molecular flexibility index (Phi) is 5.30. The topological polar surface area (TPSA) is 65.1 Å². The number of para-hydroxylation sites is 2. The van der Waals surface area contributed by atoms with Gasteiger partial charge >= 0.3 is 5.97 Å². The average Bonchev–Trinajstić information content (AvgIpc) is 3.42. The molecule has 1 spiro atoms. The van der Waals surface area contributed by atoms with E-state index in [1.54, 1.807) is 0 Å². The van der Waals surface area contributed by atoms with Crippen LogP contribution in [0.2, 0.25) is 0 Å². The molecule has 5 unspecified atom stereocenters. The van der Waals surface area contributed by atoms with E-state index in [4.69, 9.17) is 14.2 Å². The SMILES string of the molecule is CC1OC(=O)C2C=C3CC4(CCC3C(C(=O)N(c3ccccc3)c3ccccc3)C12)OCCO4. The summed E-state index contributed by atoms with van der Waals surface area (Å²) in [6.45, 7) is 3.09. The number of hydrogen-bond donors (Lipinski definition) is 0. The summed E-state index contributed by atoms with van der Waals surface area (Å²) in [7, 11) is 0. The van der Waals surface area contributed by atoms with Gasteiger partial charge in [-0.2, -0.15) is 0 Å². The molecule has 1 amide bonds. The molecule has 6 rings (SSSR count). The van der Waals surface area contributed by atoms with Gasteiger partial charge in [-0.1, -0.05) is 48.0 Å². The number of cyclic esters (lactones) is 1. The summed E-state index contributed by atoms with van der Waals surface area (Å²) >= 11 is 0. The maximum absolute atomic E-state index is 14.5. The molecule has 6 heteroatoms. The molecule has 5 atom stereocenters. The third-order valence-corrected chi connectivity index (χ3v) is 7.91. The van der Waals surface area contributed by atoms with E-state index in [0.717, 1.165) is 29.8 Å². The van der Waals surface area contributed by atoms with E-state index in [2.05, 4.69) is 6.08 Å². The van der Waals surface area contributed by atoms with Crippen LogP contribution >= 0.6 is 0 Å². The van der Waals surface area contributed by atoms with Crippen LogP contribution in [0.4, 0.5) is 11.4 Å². The zero-order valence-electron chi connectivity index (χ0n) is 19.3. The highest BCUT2D eigenvalue weighted by atomic mass is 16.7. The fourth-order valence-electron chi connectivity index (χ4n) is 6.45. The van der Waals surface area contributed by atoms with E-state index in [-0.39, 0.29) is 35.7 Å². The number of amides is 1. The molecule has 2 aliphatic carbocycles. The molecular weight excluding hydrogens is 430 g/mol. The number of benzene rings is 2. The molecule has 176 valence electrons. The first kappa shape index (κ1) is 21.6. The summed E-state index contributed by atoms with van der Waals surface area (Å²) in [4.78, 5) is 29.2. The van der Waals surface area contributed by atoms with Crippen molar-refractivity contribution in [1.29, 1.82) is 0 Å². The van der Waals surface area contributed by atoms with Gasteiger partial charge in [0, 0.05) is 30.1 Å². The lowest BCUT2D eigenvalue weighted by atomic mass is 9.61. The second-order valence-corrected chi connectivity index (χ2v) is 9.79. The Morgan fingerprint density at radius 1 is 0.971 bits per heavy atom. The molecule has 4 aliphatic rings. The predicted molar refractivity (Wildman–Crippen MR) is 126 cm³/mol. The van der Waals surface area contributed by atoms with Crippen molar-refractivity contribution in [2.45, 2.75) is 38.1 Å². The molecule has 2 aliphatic heterocycles. The molecule has 1 saturated carbocycles. The Bertz CT molecular complexity index is 1070. The maximum Gasteiger partial charge on any atom is 0.313 e. The van der Waals surface area contributed by atoms with Crippen molar-refractivity contribution in [3.05, 3.63) is 72.3 Å². The number of carbonyl (C=O) groups is 2. The zero-order valence-corrected chi connectivity index (χ0v) is 19.3. The highest BCUT2D eigenvalue weighted by molar-refractivity contribution is 6.03. The van der Waals surface area contributed by atoms with E-state index >= 15 is 0 Å². The molecular formula is C28H29NO5. The van der Waals surface area contributed by atoms with Gasteiger partial charge in [-0.3, -0.25) is 14.5 Å². The lowest BCUT2D eigenvalue weighted by Gasteiger charge is -2.46. The summed E-state index contributed by atoms with van der Waals surface area (Å²) in [5.41, 5.74) is 2.73. The van der Waals surface area contributed by atoms with Crippen LogP contribution in [0.25, 0.3) is 0 Å². The van der Waals surface area contributed by atoms with Crippen LogP contribution in [0, 0.1) is 23.7 Å². The van der Waals surface area contributed by atoms with Gasteiger partial charge in [-0.25, -0.2) is 0 Å². The minimum atomic E-state index is -0.616. The van der Waals surface area contributed by atoms with Crippen molar-refractivity contribution < 1.29 is 23.8 Å². The third kappa shape index (κ3) is 3.48. The van der Waals surface area contributed by atoms with Crippen LogP contribution < -0.4 is 4.90 Å². The lowest BCUT2D eigenvalue weighted by molar-refractivity contribution is -0.175. The lowest BCUT2D eigenvalue weighted by Crippen LogP contribution is -2.50. The molecule has 6 nitrogen and oxygen atoms in total. The van der Waals surface area contributed by atoms with E-state index in [1.165, 1.54) is 0 Å². The van der Waals surface area contributed by atoms with Gasteiger partial charge in [0.25, 0.3) is 0 Å². The largest absolute Gasteiger partial charge is 0.462 e. The Morgan fingerprint density at radius 3 is 2.21 bits per heavy atom. The number of anilines is 2. The van der Waals surface area contributed by atoms with Gasteiger partial charge in [0.2, 0.25) is 5.91 Å². The van der Waals surface area contributed by atoms with Gasteiger partial charge in [0.15, 0.2) is 5.79 Å². The Hall–Kier alpha value is -2.96. The summed E-state index contributed by atoms with van der Waals surface area (Å²) in [6.07, 6.45) is 3.88. The minimum Gasteiger partial charge on any atom is -0.462 e. The molecule has 34 heavy (non-hydrogen) atoms. The van der Waals surface area contributed by atoms with E-state index < -0.39 is 11.7 Å². The van der Waals surface area contributed by atoms with Gasteiger partial charge in [0.05, 0.1) is 25.0 Å². The first-order valence-electron chi connectivity index (χ1n) is 12.2. The molecule has 2 heterocycles. The summed E-state index contributed by atoms with van der Waals surface area (Å²) < 4.78 is 17.7. The van der Waals surface area contributed by atoms with Crippen LogP contribution in [0.1, 0.15) is 26.2 Å². The standard InChI is InChI=1S/C28H29NO5/c1-18-24-23(27(31)34-18)16-19-17-28(32-14-15-33-28)13-12-22(19)25(24)26(30)29(20-8-4-2-5-9-20)21-10-6-3-7-11-21/h2-11,16,18,22-25H,12-15,17H2,1H3. The fraction of sp³-hybridized carbons (Fsp3) is 0.429. The van der Waals surface area contributed by atoms with Crippen molar-refractivity contribution in [3.8, 4) is 0 Å². The summed E-state index contributed by atoms with van der Waals surface area (Å²) in [6, 6.07) is 19.5. The number of rotatable bonds is 3. The predicted octanol–water partition coefficient (Wildman–Crippen LogP) is 4.63. The first-order valence-corrected chi connectivity index (χ1v) is 12.2. The van der Waals surface area contributed by atoms with Crippen molar-refractivity contribution in [2.24, 2.45) is 23.7 Å². The van der Waals surface area contributed by atoms with Gasteiger partial charge in [0.1, 0.15) is 6.10 Å². The number of esters is 1. The monoisotopic (exact) mass is 459 g/mol. The van der Waals surface area contributed by atoms with Crippen LogP contribution in [0.5, 0.6) is 0 Å². The first-order chi connectivity index (χ1) is 16.6. The Balaban J connectivity index is 1.43. The smallest absolute Gasteiger partial charge is 0.313 e. The molecule has 0 aromatic heterocycles. The number of nitrogens with zero attached hydrogens (tertiary/aromatic N) is 1. The van der Waals surface area contributed by atoms with E-state index in [1.807, 2.05) is 72.5 Å². The van der Waals surface area contributed by atoms with Gasteiger partial charge in [-0.05, 0) is 43.5 Å². The molecule has 3 fully saturated rings. The van der Waals surface area contributed by atoms with E-state index in [0.29, 0.717) is 19.6 Å². The van der Waals surface area contributed by atoms with E-state index in [9.17, 15) is 9.59 Å². The molecule has 2 saturated heterocycles. The third-order valence-electron chi connectivity index (χ3n) is 7.91. The van der Waals surface area contributed by atoms with Crippen molar-refractivity contribution in [1.82, 2.24) is 0 Å². The number of ether oxygens (including phenoxy) is 3. The number of carbonyl (C=O) groups excluding carboxylic acids is 2. The second-order valence-electron chi connectivity index (χ2n) is 9.79. The molecule has 0 radical (unpaired) electrons. The van der Waals surface area contributed by atoms with Crippen molar-refractivity contribution >= 4 is 23.3 Å². The van der Waals surface area contributed by atoms with Gasteiger partial charge in [-0.15, -0.1) is 0 Å². The molecule has 2 aromatic carbocycles. The van der Waals surface area contributed by atoms with Crippen LogP contribution in [-0.4, -0.2) is 37.0 Å². The molecule has 0 bridgehead atoms. The zero-order chi connectivity index (χ0) is 23.3. The fourth-order valence-corrected chi connectivity index (χ4v) is 6.45. The van der Waals surface area contributed by atoms with Crippen LogP contribution in [-0.2, 0) is 23.8 Å². The highest BCUT2D eigenvalue weighted by Crippen LogP contribution is 2.54. The Morgan fingerprint density at radius 2 is 1.59 bits per heavy atom. The van der Waals surface area contributed by atoms with Crippen LogP contribution in [0.15, 0.2) is 72.3 Å². The average molecular weight is 460 g/mol. The number of hydrogen-bond acceptors (Lipinski definition) is 5. The van der Waals surface area contributed by atoms with Gasteiger partial charge < -0.3 is 14.2 Å². The normalized spacial score (nSPS) is 31.4. The van der Waals surface area contributed by atoms with Crippen molar-refractivity contribution in [3.63, 3.8) is 0 Å². The quantitative estimate of drug-likeness (QED) is 0.495. The highest BCUT2D eigenvalue weighted by Gasteiger charge is 2.57. The Labute approximate surface area is 199 Å². The molecule has 2 aromatic rings. The minimum absolute atomic E-state index is 0.0114. The van der Waals surface area contributed by atoms with Crippen LogP contribution in [0.3, 0.4) is 0 Å². The maximum atomic E-state index is 14.5. The summed E-state index contributed by atoms with van der Waals surface area (Å²) in [5, 5.41) is 0.